The molecule has 3 heterocycles. The highest BCUT2D eigenvalue weighted by molar-refractivity contribution is 6.20. The molecule has 0 spiro atoms. The summed E-state index contributed by atoms with van der Waals surface area (Å²) >= 11 is 0. The lowest BCUT2D eigenvalue weighted by molar-refractivity contribution is 0.634. The molecular formula is C24H15NO2. The smallest absolute Gasteiger partial charge is 0.178 e. The molecule has 128 valence electrons. The number of rotatable bonds is 1. The van der Waals surface area contributed by atoms with Crippen LogP contribution >= 0.6 is 0 Å². The van der Waals surface area contributed by atoms with Crippen LogP contribution in [-0.2, 0) is 0 Å². The minimum Gasteiger partial charge on any atom is -0.452 e. The summed E-state index contributed by atoms with van der Waals surface area (Å²) in [7, 11) is 0. The molecule has 0 aliphatic heterocycles. The Bertz CT molecular complexity index is 1470. The van der Waals surface area contributed by atoms with Gasteiger partial charge in [-0.15, -0.1) is 0 Å². The Morgan fingerprint density at radius 2 is 1.37 bits per heavy atom. The third-order valence-electron chi connectivity index (χ3n) is 5.20. The fraction of sp³-hybridized carbons (Fsp3) is 0.0417. The Balaban J connectivity index is 1.74. The summed E-state index contributed by atoms with van der Waals surface area (Å²) in [4.78, 5) is 4.58. The van der Waals surface area contributed by atoms with Crippen LogP contribution in [0.25, 0.3) is 55.1 Å². The standard InChI is InChI=1S/C24H15NO2/c1-14-9-12-20(25-13-14)19-7-4-6-16-18-11-10-17-15-5-2-3-8-21(15)26-23(17)24(18)27-22(16)19/h2-13H,1H3. The first kappa shape index (κ1) is 14.6. The van der Waals surface area contributed by atoms with Crippen molar-refractivity contribution in [2.75, 3.05) is 0 Å². The van der Waals surface area contributed by atoms with E-state index in [1.165, 1.54) is 0 Å². The molecule has 0 fully saturated rings. The van der Waals surface area contributed by atoms with E-state index in [2.05, 4.69) is 47.4 Å². The SMILES string of the molecule is Cc1ccc(-c2cccc3c2oc2c3ccc3c4ccccc4oc32)nc1. The van der Waals surface area contributed by atoms with Gasteiger partial charge < -0.3 is 8.83 Å². The van der Waals surface area contributed by atoms with Crippen molar-refractivity contribution in [3.63, 3.8) is 0 Å². The summed E-state index contributed by atoms with van der Waals surface area (Å²) in [6, 6.07) is 22.6. The molecule has 3 aromatic heterocycles. The average molecular weight is 349 g/mol. The quantitative estimate of drug-likeness (QED) is 0.326. The van der Waals surface area contributed by atoms with Crippen molar-refractivity contribution in [2.45, 2.75) is 6.92 Å². The normalized spacial score (nSPS) is 11.9. The Hall–Kier alpha value is -3.59. The molecule has 0 unspecified atom stereocenters. The summed E-state index contributed by atoms with van der Waals surface area (Å²) in [5, 5.41) is 4.32. The Morgan fingerprint density at radius 3 is 2.22 bits per heavy atom. The van der Waals surface area contributed by atoms with Crippen LogP contribution in [0.5, 0.6) is 0 Å². The molecule has 0 N–H and O–H groups in total. The molecule has 0 aliphatic carbocycles. The molecule has 3 aromatic carbocycles. The maximum atomic E-state index is 6.38. The van der Waals surface area contributed by atoms with E-state index in [4.69, 9.17) is 8.83 Å². The topological polar surface area (TPSA) is 39.2 Å². The molecule has 0 bridgehead atoms. The maximum Gasteiger partial charge on any atom is 0.178 e. The molecule has 0 radical (unpaired) electrons. The number of nitrogens with zero attached hydrogens (tertiary/aromatic N) is 1. The van der Waals surface area contributed by atoms with Crippen molar-refractivity contribution in [2.24, 2.45) is 0 Å². The highest BCUT2D eigenvalue weighted by Crippen LogP contribution is 2.40. The molecule has 0 aliphatic rings. The van der Waals surface area contributed by atoms with E-state index >= 15 is 0 Å². The summed E-state index contributed by atoms with van der Waals surface area (Å²) < 4.78 is 12.5. The maximum absolute atomic E-state index is 6.38. The number of benzene rings is 3. The Labute approximate surface area is 154 Å². The van der Waals surface area contributed by atoms with E-state index in [1.807, 2.05) is 37.4 Å². The third kappa shape index (κ3) is 1.99. The number of hydrogen-bond donors (Lipinski definition) is 0. The van der Waals surface area contributed by atoms with Crippen LogP contribution in [-0.4, -0.2) is 4.98 Å². The number of aryl methyl sites for hydroxylation is 1. The van der Waals surface area contributed by atoms with Crippen molar-refractivity contribution in [3.8, 4) is 11.3 Å². The highest BCUT2D eigenvalue weighted by Gasteiger charge is 2.17. The van der Waals surface area contributed by atoms with Gasteiger partial charge in [-0.1, -0.05) is 36.4 Å². The van der Waals surface area contributed by atoms with Crippen molar-refractivity contribution in [1.29, 1.82) is 0 Å². The zero-order valence-corrected chi connectivity index (χ0v) is 14.7. The first-order valence-corrected chi connectivity index (χ1v) is 8.98. The summed E-state index contributed by atoms with van der Waals surface area (Å²) in [5.41, 5.74) is 6.35. The second-order valence-corrected chi connectivity index (χ2v) is 6.92. The molecule has 27 heavy (non-hydrogen) atoms. The zero-order valence-electron chi connectivity index (χ0n) is 14.7. The Morgan fingerprint density at radius 1 is 0.630 bits per heavy atom. The number of aromatic nitrogens is 1. The van der Waals surface area contributed by atoms with E-state index in [-0.39, 0.29) is 0 Å². The van der Waals surface area contributed by atoms with Gasteiger partial charge in [-0.3, -0.25) is 4.98 Å². The molecule has 3 heteroatoms. The van der Waals surface area contributed by atoms with E-state index in [1.54, 1.807) is 0 Å². The molecular weight excluding hydrogens is 334 g/mol. The molecule has 0 amide bonds. The molecule has 0 atom stereocenters. The summed E-state index contributed by atoms with van der Waals surface area (Å²) in [6.07, 6.45) is 1.88. The number of fused-ring (bicyclic) bond motifs is 7. The van der Waals surface area contributed by atoms with Gasteiger partial charge in [-0.05, 0) is 42.8 Å². The van der Waals surface area contributed by atoms with Gasteiger partial charge >= 0.3 is 0 Å². The summed E-state index contributed by atoms with van der Waals surface area (Å²) in [5.74, 6) is 0. The lowest BCUT2D eigenvalue weighted by Gasteiger charge is -2.02. The predicted octanol–water partition coefficient (Wildman–Crippen LogP) is 6.86. The largest absolute Gasteiger partial charge is 0.452 e. The van der Waals surface area contributed by atoms with Gasteiger partial charge in [-0.2, -0.15) is 0 Å². The van der Waals surface area contributed by atoms with Crippen LogP contribution in [0.2, 0.25) is 0 Å². The molecule has 0 saturated carbocycles. The lowest BCUT2D eigenvalue weighted by atomic mass is 10.0. The van der Waals surface area contributed by atoms with Gasteiger partial charge in [0.15, 0.2) is 11.2 Å². The minimum absolute atomic E-state index is 0.790. The number of para-hydroxylation sites is 2. The minimum atomic E-state index is 0.790. The van der Waals surface area contributed by atoms with Crippen LogP contribution in [0.1, 0.15) is 5.56 Å². The second-order valence-electron chi connectivity index (χ2n) is 6.92. The number of hydrogen-bond acceptors (Lipinski definition) is 3. The first-order chi connectivity index (χ1) is 13.3. The van der Waals surface area contributed by atoms with Crippen molar-refractivity contribution in [3.05, 3.63) is 78.5 Å². The first-order valence-electron chi connectivity index (χ1n) is 8.98. The van der Waals surface area contributed by atoms with Gasteiger partial charge in [0.1, 0.15) is 11.2 Å². The second kappa shape index (κ2) is 5.21. The predicted molar refractivity (Wildman–Crippen MR) is 109 cm³/mol. The third-order valence-corrected chi connectivity index (χ3v) is 5.20. The fourth-order valence-electron chi connectivity index (χ4n) is 3.87. The van der Waals surface area contributed by atoms with Gasteiger partial charge in [0.2, 0.25) is 0 Å². The lowest BCUT2D eigenvalue weighted by Crippen LogP contribution is -1.84. The Kier molecular flexibility index (Phi) is 2.81. The highest BCUT2D eigenvalue weighted by atomic mass is 16.4. The number of pyridine rings is 1. The van der Waals surface area contributed by atoms with Crippen LogP contribution in [0.3, 0.4) is 0 Å². The van der Waals surface area contributed by atoms with Crippen LogP contribution in [0.15, 0.2) is 81.8 Å². The van der Waals surface area contributed by atoms with Gasteiger partial charge in [0.25, 0.3) is 0 Å². The van der Waals surface area contributed by atoms with Gasteiger partial charge in [0.05, 0.1) is 5.69 Å². The monoisotopic (exact) mass is 349 g/mol. The molecule has 6 aromatic rings. The van der Waals surface area contributed by atoms with Gasteiger partial charge in [-0.25, -0.2) is 0 Å². The van der Waals surface area contributed by atoms with Crippen molar-refractivity contribution >= 4 is 43.9 Å². The van der Waals surface area contributed by atoms with Crippen LogP contribution in [0, 0.1) is 6.92 Å². The van der Waals surface area contributed by atoms with Gasteiger partial charge in [0, 0.05) is 33.3 Å². The molecule has 6 rings (SSSR count). The van der Waals surface area contributed by atoms with Crippen LogP contribution in [0.4, 0.5) is 0 Å². The van der Waals surface area contributed by atoms with Crippen molar-refractivity contribution < 1.29 is 8.83 Å². The molecule has 3 nitrogen and oxygen atoms in total. The van der Waals surface area contributed by atoms with E-state index < -0.39 is 0 Å². The fourth-order valence-corrected chi connectivity index (χ4v) is 3.87. The number of furan rings is 2. The van der Waals surface area contributed by atoms with E-state index in [0.29, 0.717) is 0 Å². The van der Waals surface area contributed by atoms with Crippen LogP contribution < -0.4 is 0 Å². The van der Waals surface area contributed by atoms with E-state index in [0.717, 1.165) is 60.7 Å². The van der Waals surface area contributed by atoms with E-state index in [9.17, 15) is 0 Å². The average Bonchev–Trinajstić information content (AvgIpc) is 3.27. The molecule has 0 saturated heterocycles. The summed E-state index contributed by atoms with van der Waals surface area (Å²) in [6.45, 7) is 2.04. The zero-order chi connectivity index (χ0) is 18.0. The van der Waals surface area contributed by atoms with Crippen molar-refractivity contribution in [1.82, 2.24) is 4.98 Å².